The number of piperidine rings is 1. The number of nitrogens with two attached hydrogens (primary N) is 4. The Bertz CT molecular complexity index is 527. The fourth-order valence-electron chi connectivity index (χ4n) is 2.44. The lowest BCUT2D eigenvalue weighted by Crippen LogP contribution is -2.38. The molecule has 1 fully saturated rings. The van der Waals surface area contributed by atoms with Crippen LogP contribution in [0.5, 0.6) is 0 Å². The van der Waals surface area contributed by atoms with Gasteiger partial charge in [0.2, 0.25) is 0 Å². The van der Waals surface area contributed by atoms with Crippen LogP contribution in [-0.2, 0) is 4.79 Å². The number of nitrogens with zero attached hydrogens (tertiary/aromatic N) is 3. The van der Waals surface area contributed by atoms with Crippen LogP contribution in [0.1, 0.15) is 38.5 Å². The summed E-state index contributed by atoms with van der Waals surface area (Å²) in [4.78, 5) is 16.3. The molecule has 1 aromatic heterocycles. The molecule has 10 nitrogen and oxygen atoms in total. The van der Waals surface area contributed by atoms with Gasteiger partial charge in [-0.2, -0.15) is 0 Å². The van der Waals surface area contributed by atoms with Gasteiger partial charge >= 0.3 is 11.9 Å². The molecule has 0 radical (unpaired) electrons. The summed E-state index contributed by atoms with van der Waals surface area (Å²) < 4.78 is 0.438. The standard InChI is InChI=1S/C9H15N5O.C6H14N2O2/c10-7-6-8(12-9(11)14(7)15)13-4-2-1-3-5-13;7-4-2-1-3-5(8)6(9)10/h6H,1-5,10H2,(H2,11,12);5H,1-4,7-8H2,(H,9,10)/t;5-/m.0/s1. The molecule has 0 amide bonds. The number of hydrogen-bond donors (Lipinski definition) is 5. The van der Waals surface area contributed by atoms with Crippen LogP contribution in [-0.4, -0.2) is 41.7 Å². The average molecular weight is 355 g/mol. The molecule has 142 valence electrons. The molecular formula is C15H29N7O3. The molecule has 0 saturated carbocycles. The number of hydrogen-bond acceptors (Lipinski definition) is 8. The molecule has 0 aromatic carbocycles. The summed E-state index contributed by atoms with van der Waals surface area (Å²) in [5.41, 5.74) is 21.4. The molecule has 0 aliphatic carbocycles. The maximum Gasteiger partial charge on any atom is 0.346 e. The molecule has 1 saturated heterocycles. The van der Waals surface area contributed by atoms with Crippen molar-refractivity contribution >= 4 is 23.6 Å². The van der Waals surface area contributed by atoms with Crippen molar-refractivity contribution in [1.82, 2.24) is 4.98 Å². The molecular weight excluding hydrogens is 326 g/mol. The Kier molecular flexibility index (Phi) is 8.71. The number of aromatic nitrogens is 2. The van der Waals surface area contributed by atoms with E-state index in [4.69, 9.17) is 28.0 Å². The van der Waals surface area contributed by atoms with Gasteiger partial charge in [0, 0.05) is 13.1 Å². The average Bonchev–Trinajstić information content (AvgIpc) is 2.60. The molecule has 25 heavy (non-hydrogen) atoms. The zero-order valence-electron chi connectivity index (χ0n) is 14.4. The first kappa shape index (κ1) is 20.7. The van der Waals surface area contributed by atoms with Crippen LogP contribution < -0.4 is 32.6 Å². The van der Waals surface area contributed by atoms with Crippen molar-refractivity contribution in [3.05, 3.63) is 11.3 Å². The monoisotopic (exact) mass is 355 g/mol. The minimum atomic E-state index is -0.933. The number of nitrogen functional groups attached to an aromatic ring is 2. The zero-order chi connectivity index (χ0) is 18.8. The van der Waals surface area contributed by atoms with E-state index in [2.05, 4.69) is 9.88 Å². The minimum Gasteiger partial charge on any atom is -0.754 e. The highest BCUT2D eigenvalue weighted by molar-refractivity contribution is 5.72. The van der Waals surface area contributed by atoms with Crippen LogP contribution >= 0.6 is 0 Å². The van der Waals surface area contributed by atoms with Crippen molar-refractivity contribution in [3.63, 3.8) is 0 Å². The quantitative estimate of drug-likeness (QED) is 0.252. The second-order valence-electron chi connectivity index (χ2n) is 5.97. The van der Waals surface area contributed by atoms with E-state index in [1.54, 1.807) is 6.07 Å². The number of anilines is 3. The van der Waals surface area contributed by atoms with Crippen LogP contribution in [0.4, 0.5) is 17.6 Å². The molecule has 1 atom stereocenters. The van der Waals surface area contributed by atoms with Gasteiger partial charge < -0.3 is 38.1 Å². The summed E-state index contributed by atoms with van der Waals surface area (Å²) in [6.07, 6.45) is 5.70. The molecule has 0 bridgehead atoms. The molecule has 1 aromatic rings. The highest BCUT2D eigenvalue weighted by Gasteiger charge is 2.16. The summed E-state index contributed by atoms with van der Waals surface area (Å²) in [5.74, 6) is -0.215. The van der Waals surface area contributed by atoms with E-state index in [0.717, 1.165) is 38.8 Å². The van der Waals surface area contributed by atoms with E-state index in [0.29, 0.717) is 23.5 Å². The lowest BCUT2D eigenvalue weighted by atomic mass is 10.1. The normalized spacial score (nSPS) is 15.2. The van der Waals surface area contributed by atoms with Gasteiger partial charge in [-0.05, 0) is 38.6 Å². The lowest BCUT2D eigenvalue weighted by molar-refractivity contribution is -0.576. The third-order valence-electron chi connectivity index (χ3n) is 3.92. The molecule has 1 aliphatic rings. The van der Waals surface area contributed by atoms with Gasteiger partial charge in [-0.3, -0.25) is 4.79 Å². The maximum atomic E-state index is 11.2. The summed E-state index contributed by atoms with van der Waals surface area (Å²) in [5, 5.41) is 19.5. The van der Waals surface area contributed by atoms with Crippen molar-refractivity contribution in [2.75, 3.05) is 36.0 Å². The lowest BCUT2D eigenvalue weighted by Gasteiger charge is -2.26. The number of carbonyl (C=O) groups is 1. The van der Waals surface area contributed by atoms with Crippen LogP contribution in [0.3, 0.4) is 0 Å². The zero-order valence-corrected chi connectivity index (χ0v) is 14.4. The minimum absolute atomic E-state index is 0.0874. The first-order valence-corrected chi connectivity index (χ1v) is 8.45. The second kappa shape index (κ2) is 10.5. The molecule has 0 spiro atoms. The van der Waals surface area contributed by atoms with Crippen molar-refractivity contribution in [2.45, 2.75) is 44.6 Å². The number of aliphatic carboxylic acids is 1. The molecule has 9 N–H and O–H groups in total. The number of carboxylic acid groups (broad SMARTS) is 1. The smallest absolute Gasteiger partial charge is 0.346 e. The van der Waals surface area contributed by atoms with Crippen molar-refractivity contribution in [1.29, 1.82) is 0 Å². The van der Waals surface area contributed by atoms with Crippen molar-refractivity contribution in [3.8, 4) is 0 Å². The van der Waals surface area contributed by atoms with Crippen LogP contribution in [0.25, 0.3) is 0 Å². The van der Waals surface area contributed by atoms with Gasteiger partial charge in [0.15, 0.2) is 11.6 Å². The topological polar surface area (TPSA) is 184 Å². The number of carboxylic acids is 1. The first-order valence-electron chi connectivity index (χ1n) is 8.45. The van der Waals surface area contributed by atoms with Crippen molar-refractivity contribution in [2.24, 2.45) is 11.5 Å². The van der Waals surface area contributed by atoms with Crippen LogP contribution in [0.2, 0.25) is 0 Å². The Morgan fingerprint density at radius 3 is 2.48 bits per heavy atom. The highest BCUT2D eigenvalue weighted by Crippen LogP contribution is 2.18. The Balaban J connectivity index is 0.000000275. The summed E-state index contributed by atoms with van der Waals surface area (Å²) in [6.45, 7) is 2.51. The Hall–Kier alpha value is -2.33. The summed E-state index contributed by atoms with van der Waals surface area (Å²) in [6, 6.07) is 0.862. The SMILES string of the molecule is NCCCC[C@H](N)C(=O)O.Nc1cc(N2CCCCC2)nc(N)[n+]1[O-]. The largest absolute Gasteiger partial charge is 0.754 e. The highest BCUT2D eigenvalue weighted by atomic mass is 16.5. The van der Waals surface area contributed by atoms with Gasteiger partial charge in [-0.15, -0.1) is 0 Å². The number of rotatable bonds is 6. The van der Waals surface area contributed by atoms with Gasteiger partial charge in [-0.25, -0.2) is 4.73 Å². The van der Waals surface area contributed by atoms with Crippen LogP contribution in [0.15, 0.2) is 6.07 Å². The Labute approximate surface area is 147 Å². The van der Waals surface area contributed by atoms with Crippen LogP contribution in [0, 0.1) is 5.21 Å². The summed E-state index contributed by atoms with van der Waals surface area (Å²) >= 11 is 0. The molecule has 1 aliphatic heterocycles. The maximum absolute atomic E-state index is 11.2. The van der Waals surface area contributed by atoms with E-state index < -0.39 is 12.0 Å². The predicted octanol–water partition coefficient (Wildman–Crippen LogP) is -0.603. The van der Waals surface area contributed by atoms with Gasteiger partial charge in [-0.1, -0.05) is 11.4 Å². The van der Waals surface area contributed by atoms with E-state index >= 15 is 0 Å². The van der Waals surface area contributed by atoms with Gasteiger partial charge in [0.05, 0.1) is 6.07 Å². The molecule has 2 rings (SSSR count). The van der Waals surface area contributed by atoms with Gasteiger partial charge in [0.25, 0.3) is 0 Å². The molecule has 0 unspecified atom stereocenters. The van der Waals surface area contributed by atoms with E-state index in [9.17, 15) is 10.0 Å². The Morgan fingerprint density at radius 2 is 1.96 bits per heavy atom. The third-order valence-corrected chi connectivity index (χ3v) is 3.92. The Morgan fingerprint density at radius 1 is 1.32 bits per heavy atom. The van der Waals surface area contributed by atoms with E-state index in [1.165, 1.54) is 6.42 Å². The third kappa shape index (κ3) is 6.98. The van der Waals surface area contributed by atoms with E-state index in [-0.39, 0.29) is 11.8 Å². The van der Waals surface area contributed by atoms with Gasteiger partial charge in [0.1, 0.15) is 6.04 Å². The predicted molar refractivity (Wildman–Crippen MR) is 96.6 cm³/mol. The number of unbranched alkanes of at least 4 members (excludes halogenated alkanes) is 1. The fourth-order valence-corrected chi connectivity index (χ4v) is 2.44. The summed E-state index contributed by atoms with van der Waals surface area (Å²) in [7, 11) is 0. The first-order chi connectivity index (χ1) is 11.9. The van der Waals surface area contributed by atoms with E-state index in [1.807, 2.05) is 0 Å². The molecule has 2 heterocycles. The molecule has 10 heteroatoms. The second-order valence-corrected chi connectivity index (χ2v) is 5.97. The van der Waals surface area contributed by atoms with Crippen molar-refractivity contribution < 1.29 is 14.6 Å². The fraction of sp³-hybridized carbons (Fsp3) is 0.667.